The summed E-state index contributed by atoms with van der Waals surface area (Å²) < 4.78 is 0. The molecule has 0 N–H and O–H groups in total. The Hall–Kier alpha value is -1.39. The minimum Gasteiger partial charge on any atom is -0.291 e. The van der Waals surface area contributed by atoms with Crippen LogP contribution in [0, 0.1) is 0 Å². The molecule has 0 atom stereocenters. The molecule has 1 heterocycles. The second-order valence-corrected chi connectivity index (χ2v) is 4.75. The zero-order valence-corrected chi connectivity index (χ0v) is 10.4. The number of aromatic nitrogens is 2. The zero-order valence-electron chi connectivity index (χ0n) is 8.84. The van der Waals surface area contributed by atoms with Crippen LogP contribution < -0.4 is 0 Å². The average Bonchev–Trinajstić information content (AvgIpc) is 2.37. The lowest BCUT2D eigenvalue weighted by Crippen LogP contribution is -2.05. The van der Waals surface area contributed by atoms with Gasteiger partial charge in [0, 0.05) is 22.3 Å². The molecule has 0 bridgehead atoms. The molecule has 0 amide bonds. The maximum atomic E-state index is 11.7. The van der Waals surface area contributed by atoms with Gasteiger partial charge in [-0.2, -0.15) is 0 Å². The fraction of sp³-hybridized carbons (Fsp3) is 0.0833. The summed E-state index contributed by atoms with van der Waals surface area (Å²) in [5.41, 5.74) is 0.391. The van der Waals surface area contributed by atoms with Crippen LogP contribution in [0.25, 0.3) is 0 Å². The lowest BCUT2D eigenvalue weighted by atomic mass is 10.3. The van der Waals surface area contributed by atoms with Crippen LogP contribution in [0.2, 0.25) is 5.02 Å². The van der Waals surface area contributed by atoms with E-state index in [-0.39, 0.29) is 5.78 Å². The second-order valence-electron chi connectivity index (χ2n) is 3.26. The molecule has 5 heteroatoms. The van der Waals surface area contributed by atoms with Crippen molar-refractivity contribution >= 4 is 29.1 Å². The van der Waals surface area contributed by atoms with Crippen LogP contribution in [-0.2, 0) is 0 Å². The van der Waals surface area contributed by atoms with E-state index < -0.39 is 0 Å². The fourth-order valence-corrected chi connectivity index (χ4v) is 2.31. The van der Waals surface area contributed by atoms with Crippen LogP contribution in [0.4, 0.5) is 0 Å². The summed E-state index contributed by atoms with van der Waals surface area (Å²) in [5, 5.41) is 0.668. The molecule has 0 fully saturated rings. The summed E-state index contributed by atoms with van der Waals surface area (Å²) in [6.45, 7) is 0. The van der Waals surface area contributed by atoms with Gasteiger partial charge in [0.05, 0.1) is 11.9 Å². The number of hydrogen-bond donors (Lipinski definition) is 0. The first kappa shape index (κ1) is 12.1. The Labute approximate surface area is 108 Å². The first-order chi connectivity index (χ1) is 8.25. The molecule has 0 saturated carbocycles. The molecular weight excluding hydrogens is 256 g/mol. The predicted octanol–water partition coefficient (Wildman–Crippen LogP) is 3.11. The molecule has 0 aliphatic rings. The number of thioether (sulfide) groups is 1. The summed E-state index contributed by atoms with van der Waals surface area (Å²) >= 11 is 7.29. The highest BCUT2D eigenvalue weighted by Gasteiger charge is 2.07. The van der Waals surface area contributed by atoms with Crippen molar-refractivity contribution in [2.24, 2.45) is 0 Å². The minimum atomic E-state index is -0.0388. The maximum Gasteiger partial charge on any atom is 0.192 e. The number of carbonyl (C=O) groups excluding carboxylic acids is 1. The lowest BCUT2D eigenvalue weighted by molar-refractivity contribution is 0.101. The van der Waals surface area contributed by atoms with E-state index in [4.69, 9.17) is 11.6 Å². The molecule has 2 rings (SSSR count). The molecular formula is C12H9ClN2OS. The van der Waals surface area contributed by atoms with Crippen LogP contribution >= 0.6 is 23.4 Å². The van der Waals surface area contributed by atoms with Gasteiger partial charge < -0.3 is 0 Å². The average molecular weight is 265 g/mol. The second kappa shape index (κ2) is 5.80. The van der Waals surface area contributed by atoms with Crippen molar-refractivity contribution in [2.75, 3.05) is 5.75 Å². The highest BCUT2D eigenvalue weighted by atomic mass is 35.5. The summed E-state index contributed by atoms with van der Waals surface area (Å²) in [6, 6.07) is 7.41. The van der Waals surface area contributed by atoms with Gasteiger partial charge in [-0.25, -0.2) is 4.98 Å². The molecule has 0 aliphatic heterocycles. The van der Waals surface area contributed by atoms with Gasteiger partial charge in [-0.05, 0) is 18.2 Å². The number of Topliss-reactive ketones (excluding diaryl/α,β-unsaturated/α-hetero) is 1. The molecule has 0 saturated heterocycles. The van der Waals surface area contributed by atoms with E-state index in [0.29, 0.717) is 16.5 Å². The van der Waals surface area contributed by atoms with Crippen molar-refractivity contribution in [1.29, 1.82) is 0 Å². The molecule has 0 radical (unpaired) electrons. The Balaban J connectivity index is 1.97. The Morgan fingerprint density at radius 3 is 2.94 bits per heavy atom. The predicted molar refractivity (Wildman–Crippen MR) is 68.5 cm³/mol. The first-order valence-electron chi connectivity index (χ1n) is 4.93. The molecule has 3 nitrogen and oxygen atoms in total. The van der Waals surface area contributed by atoms with Gasteiger partial charge in [0.25, 0.3) is 0 Å². The quantitative estimate of drug-likeness (QED) is 0.629. The van der Waals surface area contributed by atoms with Gasteiger partial charge >= 0.3 is 0 Å². The van der Waals surface area contributed by atoms with Gasteiger partial charge in [0.2, 0.25) is 0 Å². The van der Waals surface area contributed by atoms with Crippen molar-refractivity contribution in [1.82, 2.24) is 9.97 Å². The highest BCUT2D eigenvalue weighted by Crippen LogP contribution is 2.22. The van der Waals surface area contributed by atoms with E-state index in [1.807, 2.05) is 18.2 Å². The van der Waals surface area contributed by atoms with E-state index in [1.165, 1.54) is 24.2 Å². The van der Waals surface area contributed by atoms with Crippen molar-refractivity contribution < 1.29 is 4.79 Å². The summed E-state index contributed by atoms with van der Waals surface area (Å²) in [5.74, 6) is 0.294. The Morgan fingerprint density at radius 2 is 2.24 bits per heavy atom. The van der Waals surface area contributed by atoms with Gasteiger partial charge in [-0.3, -0.25) is 9.78 Å². The third-order valence-electron chi connectivity index (χ3n) is 2.01. The molecule has 17 heavy (non-hydrogen) atoms. The number of benzene rings is 1. The summed E-state index contributed by atoms with van der Waals surface area (Å²) in [7, 11) is 0. The maximum absolute atomic E-state index is 11.7. The van der Waals surface area contributed by atoms with Crippen LogP contribution in [0.15, 0.2) is 47.8 Å². The van der Waals surface area contributed by atoms with Crippen LogP contribution in [0.1, 0.15) is 10.5 Å². The number of nitrogens with zero attached hydrogens (tertiary/aromatic N) is 2. The number of rotatable bonds is 4. The number of carbonyl (C=O) groups is 1. The fourth-order valence-electron chi connectivity index (χ4n) is 1.22. The van der Waals surface area contributed by atoms with E-state index >= 15 is 0 Å². The molecule has 1 aromatic carbocycles. The summed E-state index contributed by atoms with van der Waals surface area (Å²) in [4.78, 5) is 20.5. The molecule has 1 aromatic heterocycles. The van der Waals surface area contributed by atoms with E-state index in [2.05, 4.69) is 9.97 Å². The lowest BCUT2D eigenvalue weighted by Gasteiger charge is -2.01. The minimum absolute atomic E-state index is 0.0388. The molecule has 0 unspecified atom stereocenters. The Bertz CT molecular complexity index is 519. The molecule has 0 aliphatic carbocycles. The third-order valence-corrected chi connectivity index (χ3v) is 3.24. The van der Waals surface area contributed by atoms with Crippen LogP contribution in [0.3, 0.4) is 0 Å². The molecule has 0 spiro atoms. The van der Waals surface area contributed by atoms with Crippen molar-refractivity contribution in [2.45, 2.75) is 4.90 Å². The van der Waals surface area contributed by atoms with Crippen LogP contribution in [-0.4, -0.2) is 21.5 Å². The van der Waals surface area contributed by atoms with E-state index in [1.54, 1.807) is 12.3 Å². The summed E-state index contributed by atoms with van der Waals surface area (Å²) in [6.07, 6.45) is 4.53. The van der Waals surface area contributed by atoms with Crippen molar-refractivity contribution in [3.8, 4) is 0 Å². The molecule has 2 aromatic rings. The van der Waals surface area contributed by atoms with Crippen molar-refractivity contribution in [3.63, 3.8) is 0 Å². The zero-order chi connectivity index (χ0) is 12.1. The van der Waals surface area contributed by atoms with E-state index in [0.717, 1.165) is 4.90 Å². The molecule has 86 valence electrons. The first-order valence-corrected chi connectivity index (χ1v) is 6.29. The monoisotopic (exact) mass is 264 g/mol. The number of ketones is 1. The van der Waals surface area contributed by atoms with Crippen molar-refractivity contribution in [3.05, 3.63) is 53.6 Å². The van der Waals surface area contributed by atoms with Crippen LogP contribution in [0.5, 0.6) is 0 Å². The highest BCUT2D eigenvalue weighted by molar-refractivity contribution is 8.00. The third kappa shape index (κ3) is 3.54. The SMILES string of the molecule is O=C(CSc1cccc(Cl)c1)c1cnccn1. The smallest absolute Gasteiger partial charge is 0.192 e. The number of hydrogen-bond acceptors (Lipinski definition) is 4. The Kier molecular flexibility index (Phi) is 4.12. The topological polar surface area (TPSA) is 42.9 Å². The van der Waals surface area contributed by atoms with Gasteiger partial charge in [-0.1, -0.05) is 17.7 Å². The van der Waals surface area contributed by atoms with Gasteiger partial charge in [-0.15, -0.1) is 11.8 Å². The largest absolute Gasteiger partial charge is 0.291 e. The number of halogens is 1. The van der Waals surface area contributed by atoms with E-state index in [9.17, 15) is 4.79 Å². The normalized spacial score (nSPS) is 10.2. The Morgan fingerprint density at radius 1 is 1.35 bits per heavy atom. The van der Waals surface area contributed by atoms with Gasteiger partial charge in [0.15, 0.2) is 5.78 Å². The van der Waals surface area contributed by atoms with Gasteiger partial charge in [0.1, 0.15) is 5.69 Å². The standard InChI is InChI=1S/C12H9ClN2OS/c13-9-2-1-3-10(6-9)17-8-12(16)11-7-14-4-5-15-11/h1-7H,8H2.